The number of hydrogen-bond donors (Lipinski definition) is 4. The molecule has 0 aliphatic rings. The van der Waals surface area contributed by atoms with E-state index >= 15 is 0 Å². The van der Waals surface area contributed by atoms with Crippen molar-refractivity contribution in [3.8, 4) is 0 Å². The maximum absolute atomic E-state index is 7.93. The van der Waals surface area contributed by atoms with Crippen LogP contribution in [0.5, 0.6) is 0 Å². The SMILES string of the molecule is CCc1cc(C)ccc1N(CC)C(=N)NC(=N)N. The minimum Gasteiger partial charge on any atom is -0.370 e. The Kier molecular flexibility index (Phi) is 4.71. The lowest BCUT2D eigenvalue weighted by Crippen LogP contribution is -2.46. The third-order valence-electron chi connectivity index (χ3n) is 2.75. The summed E-state index contributed by atoms with van der Waals surface area (Å²) in [5, 5.41) is 17.6. The highest BCUT2D eigenvalue weighted by Gasteiger charge is 2.14. The molecule has 5 nitrogen and oxygen atoms in total. The molecule has 0 saturated carbocycles. The first-order valence-corrected chi connectivity index (χ1v) is 6.06. The first-order chi connectivity index (χ1) is 8.49. The Morgan fingerprint density at radius 2 is 2.00 bits per heavy atom. The number of hydrogen-bond acceptors (Lipinski definition) is 2. The van der Waals surface area contributed by atoms with E-state index in [-0.39, 0.29) is 11.9 Å². The number of rotatable bonds is 3. The van der Waals surface area contributed by atoms with E-state index in [1.807, 2.05) is 19.1 Å². The Labute approximate surface area is 108 Å². The van der Waals surface area contributed by atoms with Gasteiger partial charge in [-0.15, -0.1) is 0 Å². The van der Waals surface area contributed by atoms with E-state index in [1.165, 1.54) is 11.1 Å². The zero-order valence-electron chi connectivity index (χ0n) is 11.2. The summed E-state index contributed by atoms with van der Waals surface area (Å²) in [5.74, 6) is -0.0906. The van der Waals surface area contributed by atoms with Crippen molar-refractivity contribution in [2.24, 2.45) is 5.73 Å². The van der Waals surface area contributed by atoms with Gasteiger partial charge in [0.05, 0.1) is 0 Å². The lowest BCUT2D eigenvalue weighted by molar-refractivity contribution is 0.979. The van der Waals surface area contributed by atoms with Crippen LogP contribution in [0.3, 0.4) is 0 Å². The highest BCUT2D eigenvalue weighted by molar-refractivity contribution is 6.04. The minimum atomic E-state index is -0.219. The number of anilines is 1. The van der Waals surface area contributed by atoms with Gasteiger partial charge in [-0.25, -0.2) is 0 Å². The first kappa shape index (κ1) is 14.0. The second-order valence-corrected chi connectivity index (χ2v) is 4.12. The van der Waals surface area contributed by atoms with Crippen LogP contribution in [0.25, 0.3) is 0 Å². The predicted molar refractivity (Wildman–Crippen MR) is 76.4 cm³/mol. The predicted octanol–water partition coefficient (Wildman–Crippen LogP) is 1.80. The largest absolute Gasteiger partial charge is 0.370 e. The van der Waals surface area contributed by atoms with Crippen LogP contribution in [0.2, 0.25) is 0 Å². The molecule has 18 heavy (non-hydrogen) atoms. The first-order valence-electron chi connectivity index (χ1n) is 6.06. The Balaban J connectivity index is 3.08. The molecule has 0 aliphatic carbocycles. The van der Waals surface area contributed by atoms with Gasteiger partial charge in [-0.2, -0.15) is 0 Å². The molecule has 0 aliphatic heterocycles. The summed E-state index contributed by atoms with van der Waals surface area (Å²) in [6, 6.07) is 6.16. The number of nitrogens with two attached hydrogens (primary N) is 1. The lowest BCUT2D eigenvalue weighted by atomic mass is 10.1. The fourth-order valence-electron chi connectivity index (χ4n) is 1.90. The number of benzene rings is 1. The molecule has 0 aromatic heterocycles. The fraction of sp³-hybridized carbons (Fsp3) is 0.385. The molecule has 0 heterocycles. The summed E-state index contributed by atoms with van der Waals surface area (Å²) >= 11 is 0. The van der Waals surface area contributed by atoms with E-state index in [2.05, 4.69) is 25.2 Å². The summed E-state index contributed by atoms with van der Waals surface area (Å²) in [4.78, 5) is 1.81. The van der Waals surface area contributed by atoms with Crippen molar-refractivity contribution in [2.45, 2.75) is 27.2 Å². The Morgan fingerprint density at radius 1 is 1.33 bits per heavy atom. The van der Waals surface area contributed by atoms with Crippen molar-refractivity contribution in [1.29, 1.82) is 10.8 Å². The van der Waals surface area contributed by atoms with E-state index in [1.54, 1.807) is 4.90 Å². The van der Waals surface area contributed by atoms with Crippen molar-refractivity contribution in [3.05, 3.63) is 29.3 Å². The molecule has 0 atom stereocenters. The van der Waals surface area contributed by atoms with Crippen LogP contribution in [0.1, 0.15) is 25.0 Å². The zero-order valence-corrected chi connectivity index (χ0v) is 11.2. The van der Waals surface area contributed by atoms with Crippen LogP contribution in [-0.4, -0.2) is 18.5 Å². The van der Waals surface area contributed by atoms with E-state index in [0.717, 1.165) is 12.1 Å². The molecule has 98 valence electrons. The number of nitrogens with one attached hydrogen (secondary N) is 3. The van der Waals surface area contributed by atoms with Gasteiger partial charge in [-0.1, -0.05) is 24.6 Å². The molecule has 1 rings (SSSR count). The van der Waals surface area contributed by atoms with Gasteiger partial charge in [-0.05, 0) is 31.9 Å². The molecular weight excluding hydrogens is 226 g/mol. The molecule has 0 saturated heterocycles. The highest BCUT2D eigenvalue weighted by Crippen LogP contribution is 2.22. The van der Waals surface area contributed by atoms with Crippen LogP contribution >= 0.6 is 0 Å². The monoisotopic (exact) mass is 247 g/mol. The molecule has 0 unspecified atom stereocenters. The lowest BCUT2D eigenvalue weighted by Gasteiger charge is -2.26. The van der Waals surface area contributed by atoms with Crippen LogP contribution in [0, 0.1) is 17.7 Å². The third-order valence-corrected chi connectivity index (χ3v) is 2.75. The summed E-state index contributed by atoms with van der Waals surface area (Å²) in [6.07, 6.45) is 0.904. The van der Waals surface area contributed by atoms with Gasteiger partial charge < -0.3 is 10.6 Å². The van der Waals surface area contributed by atoms with Gasteiger partial charge in [-0.3, -0.25) is 16.1 Å². The second kappa shape index (κ2) is 6.05. The van der Waals surface area contributed by atoms with Crippen molar-refractivity contribution >= 4 is 17.6 Å². The maximum Gasteiger partial charge on any atom is 0.202 e. The van der Waals surface area contributed by atoms with E-state index in [9.17, 15) is 0 Å². The molecule has 1 aromatic carbocycles. The minimum absolute atomic E-state index is 0.128. The van der Waals surface area contributed by atoms with Crippen molar-refractivity contribution < 1.29 is 0 Å². The van der Waals surface area contributed by atoms with Gasteiger partial charge in [0.1, 0.15) is 0 Å². The molecule has 5 N–H and O–H groups in total. The molecule has 0 radical (unpaired) electrons. The topological polar surface area (TPSA) is 89.0 Å². The molecule has 5 heteroatoms. The molecule has 0 spiro atoms. The summed E-state index contributed by atoms with van der Waals surface area (Å²) in [7, 11) is 0. The fourth-order valence-corrected chi connectivity index (χ4v) is 1.90. The van der Waals surface area contributed by atoms with Crippen LogP contribution in [0.4, 0.5) is 5.69 Å². The molecule has 0 amide bonds. The van der Waals surface area contributed by atoms with E-state index in [4.69, 9.17) is 16.6 Å². The maximum atomic E-state index is 7.93. The van der Waals surface area contributed by atoms with Crippen molar-refractivity contribution in [3.63, 3.8) is 0 Å². The molecule has 0 bridgehead atoms. The summed E-state index contributed by atoms with van der Waals surface area (Å²) in [6.45, 7) is 6.76. The van der Waals surface area contributed by atoms with Crippen molar-refractivity contribution in [2.75, 3.05) is 11.4 Å². The molecule has 1 aromatic rings. The van der Waals surface area contributed by atoms with Crippen LogP contribution in [0.15, 0.2) is 18.2 Å². The van der Waals surface area contributed by atoms with Gasteiger partial charge in [0.25, 0.3) is 0 Å². The van der Waals surface area contributed by atoms with E-state index in [0.29, 0.717) is 6.54 Å². The van der Waals surface area contributed by atoms with Gasteiger partial charge in [0.15, 0.2) is 5.96 Å². The number of aryl methyl sites for hydroxylation is 2. The van der Waals surface area contributed by atoms with Crippen LogP contribution in [-0.2, 0) is 6.42 Å². The molecular formula is C13H21N5. The quantitative estimate of drug-likeness (QED) is 0.485. The Hall–Kier alpha value is -2.04. The van der Waals surface area contributed by atoms with E-state index < -0.39 is 0 Å². The highest BCUT2D eigenvalue weighted by atomic mass is 15.3. The standard InChI is InChI=1S/C13H21N5/c1-4-10-8-9(3)6-7-11(10)18(5-2)13(16)17-12(14)15/h6-8H,4-5H2,1-3H3,(H5,14,15,16,17). The Bertz CT molecular complexity index is 453. The average Bonchev–Trinajstić information content (AvgIpc) is 2.30. The molecule has 0 fully saturated rings. The number of nitrogens with zero attached hydrogens (tertiary/aromatic N) is 1. The zero-order chi connectivity index (χ0) is 13.7. The van der Waals surface area contributed by atoms with Gasteiger partial charge >= 0.3 is 0 Å². The second-order valence-electron chi connectivity index (χ2n) is 4.12. The number of guanidine groups is 2. The van der Waals surface area contributed by atoms with Crippen molar-refractivity contribution in [1.82, 2.24) is 5.32 Å². The summed E-state index contributed by atoms with van der Waals surface area (Å²) < 4.78 is 0. The normalized spacial score (nSPS) is 9.94. The van der Waals surface area contributed by atoms with Gasteiger partial charge in [0, 0.05) is 12.2 Å². The summed E-state index contributed by atoms with van der Waals surface area (Å²) in [5.41, 5.74) is 8.65. The Morgan fingerprint density at radius 3 is 2.50 bits per heavy atom. The van der Waals surface area contributed by atoms with Gasteiger partial charge in [0.2, 0.25) is 5.96 Å². The smallest absolute Gasteiger partial charge is 0.202 e. The van der Waals surface area contributed by atoms with Crippen LogP contribution < -0.4 is 16.0 Å². The average molecular weight is 247 g/mol. The third kappa shape index (κ3) is 3.23.